The lowest BCUT2D eigenvalue weighted by atomic mass is 10.0. The van der Waals surface area contributed by atoms with E-state index in [1.54, 1.807) is 6.07 Å². The van der Waals surface area contributed by atoms with Crippen molar-refractivity contribution >= 4 is 11.8 Å². The highest BCUT2D eigenvalue weighted by atomic mass is 19.4. The normalized spacial score (nSPS) is 20.8. The number of morpholine rings is 1. The number of hydrogen-bond acceptors (Lipinski definition) is 5. The maximum absolute atomic E-state index is 12.9. The quantitative estimate of drug-likeness (QED) is 0.898. The summed E-state index contributed by atoms with van der Waals surface area (Å²) < 4.78 is 44.5. The van der Waals surface area contributed by atoms with Gasteiger partial charge in [-0.25, -0.2) is 4.79 Å². The van der Waals surface area contributed by atoms with Crippen LogP contribution in [0.4, 0.5) is 19.0 Å². The van der Waals surface area contributed by atoms with E-state index in [0.717, 1.165) is 12.1 Å². The number of carboxylic acids is 1. The second-order valence-corrected chi connectivity index (χ2v) is 6.03. The minimum Gasteiger partial charge on any atom is -0.476 e. The van der Waals surface area contributed by atoms with Gasteiger partial charge in [0.1, 0.15) is 6.10 Å². The molecule has 9 heteroatoms. The molecule has 2 heterocycles. The van der Waals surface area contributed by atoms with Gasteiger partial charge in [0.25, 0.3) is 0 Å². The molecule has 0 amide bonds. The Kier molecular flexibility index (Phi) is 4.82. The van der Waals surface area contributed by atoms with Gasteiger partial charge in [-0.3, -0.25) is 0 Å². The molecule has 2 atom stereocenters. The Morgan fingerprint density at radius 2 is 2.04 bits per heavy atom. The Morgan fingerprint density at radius 1 is 1.27 bits per heavy atom. The van der Waals surface area contributed by atoms with Crippen LogP contribution >= 0.6 is 0 Å². The van der Waals surface area contributed by atoms with Crippen LogP contribution in [-0.2, 0) is 10.9 Å². The van der Waals surface area contributed by atoms with E-state index in [-0.39, 0.29) is 18.3 Å². The highest BCUT2D eigenvalue weighted by Crippen LogP contribution is 2.33. The van der Waals surface area contributed by atoms with Crippen LogP contribution in [0.5, 0.6) is 0 Å². The molecule has 1 saturated heterocycles. The number of hydrogen-bond donors (Lipinski definition) is 1. The molecule has 2 unspecified atom stereocenters. The molecular weight excluding hydrogens is 351 g/mol. The predicted molar refractivity (Wildman–Crippen MR) is 85.9 cm³/mol. The van der Waals surface area contributed by atoms with Crippen molar-refractivity contribution in [1.82, 2.24) is 10.2 Å². The van der Waals surface area contributed by atoms with Crippen molar-refractivity contribution in [2.24, 2.45) is 0 Å². The summed E-state index contributed by atoms with van der Waals surface area (Å²) in [5, 5.41) is 16.5. The number of carbonyl (C=O) groups is 1. The van der Waals surface area contributed by atoms with E-state index in [2.05, 4.69) is 10.2 Å². The van der Waals surface area contributed by atoms with Crippen LogP contribution in [0.2, 0.25) is 0 Å². The van der Waals surface area contributed by atoms with Crippen molar-refractivity contribution < 1.29 is 27.8 Å². The van der Waals surface area contributed by atoms with Crippen LogP contribution < -0.4 is 4.90 Å². The maximum atomic E-state index is 12.9. The lowest BCUT2D eigenvalue weighted by molar-refractivity contribution is -0.137. The summed E-state index contributed by atoms with van der Waals surface area (Å²) in [6.07, 6.45) is -4.98. The van der Waals surface area contributed by atoms with Crippen LogP contribution in [0.25, 0.3) is 0 Å². The number of halogens is 3. The molecular formula is C17H16F3N3O3. The van der Waals surface area contributed by atoms with Gasteiger partial charge >= 0.3 is 12.1 Å². The van der Waals surface area contributed by atoms with E-state index in [4.69, 9.17) is 9.84 Å². The molecule has 0 saturated carbocycles. The third kappa shape index (κ3) is 3.77. The van der Waals surface area contributed by atoms with Gasteiger partial charge in [0.15, 0.2) is 11.5 Å². The Balaban J connectivity index is 1.83. The van der Waals surface area contributed by atoms with Crippen molar-refractivity contribution in [2.75, 3.05) is 18.1 Å². The minimum absolute atomic E-state index is 0.0815. The van der Waals surface area contributed by atoms with E-state index in [0.29, 0.717) is 18.0 Å². The highest BCUT2D eigenvalue weighted by molar-refractivity contribution is 5.85. The molecule has 1 aromatic heterocycles. The van der Waals surface area contributed by atoms with Gasteiger partial charge in [0, 0.05) is 0 Å². The zero-order valence-electron chi connectivity index (χ0n) is 13.8. The van der Waals surface area contributed by atoms with Crippen LogP contribution in [0.3, 0.4) is 0 Å². The van der Waals surface area contributed by atoms with Crippen molar-refractivity contribution in [1.29, 1.82) is 0 Å². The van der Waals surface area contributed by atoms with Gasteiger partial charge in [-0.05, 0) is 36.8 Å². The SMILES string of the molecule is CC1COC(c2cccc(C(F)(F)F)c2)CN1c1ccc(C(=O)O)nn1. The molecule has 26 heavy (non-hydrogen) atoms. The number of nitrogens with zero attached hydrogens (tertiary/aromatic N) is 3. The Morgan fingerprint density at radius 3 is 2.65 bits per heavy atom. The number of ether oxygens (including phenoxy) is 1. The fourth-order valence-electron chi connectivity index (χ4n) is 2.79. The van der Waals surface area contributed by atoms with Gasteiger partial charge in [-0.2, -0.15) is 13.2 Å². The van der Waals surface area contributed by atoms with Crippen molar-refractivity contribution in [3.05, 3.63) is 53.2 Å². The standard InChI is InChI=1S/C17H16F3N3O3/c1-10-9-26-14(11-3-2-4-12(7-11)17(18,19)20)8-23(10)15-6-5-13(16(24)25)21-22-15/h2-7,10,14H,8-9H2,1H3,(H,24,25). The van der Waals surface area contributed by atoms with Crippen molar-refractivity contribution in [3.8, 4) is 0 Å². The van der Waals surface area contributed by atoms with Crippen molar-refractivity contribution in [3.63, 3.8) is 0 Å². The molecule has 0 radical (unpaired) electrons. The summed E-state index contributed by atoms with van der Waals surface area (Å²) in [5.74, 6) is -0.733. The van der Waals surface area contributed by atoms with Gasteiger partial charge in [-0.1, -0.05) is 12.1 Å². The lowest BCUT2D eigenvalue weighted by Gasteiger charge is -2.38. The van der Waals surface area contributed by atoms with Crippen molar-refractivity contribution in [2.45, 2.75) is 25.2 Å². The molecule has 0 aliphatic carbocycles. The topological polar surface area (TPSA) is 75.5 Å². The van der Waals surface area contributed by atoms with E-state index in [1.165, 1.54) is 18.2 Å². The minimum atomic E-state index is -4.42. The zero-order chi connectivity index (χ0) is 18.9. The maximum Gasteiger partial charge on any atom is 0.416 e. The Labute approximate surface area is 147 Å². The first kappa shape index (κ1) is 18.1. The molecule has 1 N–H and O–H groups in total. The average molecular weight is 367 g/mol. The Bertz CT molecular complexity index is 796. The Hall–Kier alpha value is -2.68. The van der Waals surface area contributed by atoms with Crippen LogP contribution in [0.1, 0.15) is 34.6 Å². The van der Waals surface area contributed by atoms with E-state index < -0.39 is 23.8 Å². The lowest BCUT2D eigenvalue weighted by Crippen LogP contribution is -2.45. The second-order valence-electron chi connectivity index (χ2n) is 6.03. The third-order valence-electron chi connectivity index (χ3n) is 4.18. The fourth-order valence-corrected chi connectivity index (χ4v) is 2.79. The zero-order valence-corrected chi connectivity index (χ0v) is 13.8. The molecule has 1 fully saturated rings. The summed E-state index contributed by atoms with van der Waals surface area (Å²) in [6.45, 7) is 2.46. The number of aromatic nitrogens is 2. The number of alkyl halides is 3. The first-order chi connectivity index (χ1) is 12.3. The molecule has 1 aromatic carbocycles. The summed E-state index contributed by atoms with van der Waals surface area (Å²) in [6, 6.07) is 7.83. The first-order valence-corrected chi connectivity index (χ1v) is 7.88. The van der Waals surface area contributed by atoms with Crippen LogP contribution in [-0.4, -0.2) is 40.5 Å². The van der Waals surface area contributed by atoms with E-state index in [9.17, 15) is 18.0 Å². The highest BCUT2D eigenvalue weighted by Gasteiger charge is 2.33. The molecule has 1 aliphatic heterocycles. The first-order valence-electron chi connectivity index (χ1n) is 7.88. The summed E-state index contributed by atoms with van der Waals surface area (Å²) in [7, 11) is 0. The smallest absolute Gasteiger partial charge is 0.416 e. The molecule has 6 nitrogen and oxygen atoms in total. The molecule has 0 bridgehead atoms. The van der Waals surface area contributed by atoms with E-state index in [1.807, 2.05) is 11.8 Å². The molecule has 0 spiro atoms. The number of aromatic carboxylic acids is 1. The average Bonchev–Trinajstić information content (AvgIpc) is 2.61. The third-order valence-corrected chi connectivity index (χ3v) is 4.18. The molecule has 3 rings (SSSR count). The molecule has 1 aliphatic rings. The molecule has 138 valence electrons. The number of rotatable bonds is 3. The largest absolute Gasteiger partial charge is 0.476 e. The van der Waals surface area contributed by atoms with Gasteiger partial charge < -0.3 is 14.7 Å². The van der Waals surface area contributed by atoms with Crippen LogP contribution in [0.15, 0.2) is 36.4 Å². The number of carboxylic acid groups (broad SMARTS) is 1. The monoisotopic (exact) mass is 367 g/mol. The van der Waals surface area contributed by atoms with E-state index >= 15 is 0 Å². The summed E-state index contributed by atoms with van der Waals surface area (Å²) in [5.41, 5.74) is -0.481. The number of anilines is 1. The molecule has 2 aromatic rings. The fraction of sp³-hybridized carbons (Fsp3) is 0.353. The van der Waals surface area contributed by atoms with Gasteiger partial charge in [-0.15, -0.1) is 10.2 Å². The summed E-state index contributed by atoms with van der Waals surface area (Å²) in [4.78, 5) is 12.7. The van der Waals surface area contributed by atoms with Gasteiger partial charge in [0.2, 0.25) is 0 Å². The van der Waals surface area contributed by atoms with Gasteiger partial charge in [0.05, 0.1) is 24.8 Å². The summed E-state index contributed by atoms with van der Waals surface area (Å²) >= 11 is 0. The second kappa shape index (κ2) is 6.91. The predicted octanol–water partition coefficient (Wildman–Crippen LogP) is 3.16. The number of benzene rings is 1. The van der Waals surface area contributed by atoms with Crippen LogP contribution in [0, 0.1) is 0 Å².